The summed E-state index contributed by atoms with van der Waals surface area (Å²) in [4.78, 5) is 31.1. The Hall–Kier alpha value is -3.21. The second-order valence-electron chi connectivity index (χ2n) is 6.80. The maximum Gasteiger partial charge on any atom is 0.253 e. The molecule has 5 nitrogen and oxygen atoms in total. The Morgan fingerprint density at radius 1 is 0.926 bits per heavy atom. The van der Waals surface area contributed by atoms with Crippen LogP contribution in [-0.4, -0.2) is 40.8 Å². The molecule has 0 spiro atoms. The fraction of sp³-hybridized carbons (Fsp3) is 0.227. The van der Waals surface area contributed by atoms with Crippen molar-refractivity contribution < 1.29 is 9.59 Å². The minimum absolute atomic E-state index is 0.0243. The number of carbonyl (C=O) groups is 2. The van der Waals surface area contributed by atoms with E-state index in [0.717, 1.165) is 23.6 Å². The molecule has 1 N–H and O–H groups in total. The third-order valence-electron chi connectivity index (χ3n) is 5.08. The largest absolute Gasteiger partial charge is 0.349 e. The molecule has 27 heavy (non-hydrogen) atoms. The Labute approximate surface area is 158 Å². The van der Waals surface area contributed by atoms with Crippen LogP contribution in [0.3, 0.4) is 0 Å². The van der Waals surface area contributed by atoms with Gasteiger partial charge in [0.05, 0.1) is 0 Å². The van der Waals surface area contributed by atoms with Crippen LogP contribution < -0.4 is 5.32 Å². The quantitative estimate of drug-likeness (QED) is 0.781. The summed E-state index contributed by atoms with van der Waals surface area (Å²) in [5, 5.41) is 5.16. The number of rotatable bonds is 3. The SMILES string of the molecule is O=C(NC1CCN(C(=O)c2ccncc2)CC1)c1cccc2ccccc12. The van der Waals surface area contributed by atoms with Gasteiger partial charge >= 0.3 is 0 Å². The van der Waals surface area contributed by atoms with Gasteiger partial charge in [-0.1, -0.05) is 36.4 Å². The van der Waals surface area contributed by atoms with Crippen LogP contribution in [0.5, 0.6) is 0 Å². The Balaban J connectivity index is 1.39. The molecule has 1 aromatic heterocycles. The van der Waals surface area contributed by atoms with Crippen molar-refractivity contribution in [1.29, 1.82) is 0 Å². The third-order valence-corrected chi connectivity index (χ3v) is 5.08. The fourth-order valence-electron chi connectivity index (χ4n) is 3.59. The maximum absolute atomic E-state index is 12.8. The molecule has 2 heterocycles. The molecule has 1 saturated heterocycles. The molecule has 4 rings (SSSR count). The first-order chi connectivity index (χ1) is 13.2. The molecule has 2 aromatic carbocycles. The van der Waals surface area contributed by atoms with Gasteiger partial charge in [0.1, 0.15) is 0 Å². The first-order valence-corrected chi connectivity index (χ1v) is 9.20. The Bertz CT molecular complexity index is 958. The van der Waals surface area contributed by atoms with E-state index in [1.165, 1.54) is 0 Å². The van der Waals surface area contributed by atoms with Crippen LogP contribution in [0.2, 0.25) is 0 Å². The van der Waals surface area contributed by atoms with Crippen LogP contribution >= 0.6 is 0 Å². The van der Waals surface area contributed by atoms with Crippen LogP contribution in [0.4, 0.5) is 0 Å². The Kier molecular flexibility index (Phi) is 4.83. The molecule has 136 valence electrons. The summed E-state index contributed by atoms with van der Waals surface area (Å²) in [6.45, 7) is 1.28. The summed E-state index contributed by atoms with van der Waals surface area (Å²) >= 11 is 0. The minimum atomic E-state index is -0.0503. The smallest absolute Gasteiger partial charge is 0.253 e. The zero-order valence-electron chi connectivity index (χ0n) is 15.0. The highest BCUT2D eigenvalue weighted by Crippen LogP contribution is 2.20. The molecule has 0 radical (unpaired) electrons. The number of pyridine rings is 1. The lowest BCUT2D eigenvalue weighted by atomic mass is 10.0. The highest BCUT2D eigenvalue weighted by molar-refractivity contribution is 6.07. The van der Waals surface area contributed by atoms with Crippen molar-refractivity contribution in [3.05, 3.63) is 78.1 Å². The van der Waals surface area contributed by atoms with Gasteiger partial charge in [-0.15, -0.1) is 0 Å². The first-order valence-electron chi connectivity index (χ1n) is 9.20. The molecule has 0 unspecified atom stereocenters. The molecule has 5 heteroatoms. The van der Waals surface area contributed by atoms with Gasteiger partial charge in [-0.3, -0.25) is 14.6 Å². The van der Waals surface area contributed by atoms with E-state index in [-0.39, 0.29) is 17.9 Å². The van der Waals surface area contributed by atoms with Crippen LogP contribution in [-0.2, 0) is 0 Å². The van der Waals surface area contributed by atoms with Gasteiger partial charge < -0.3 is 10.2 Å². The predicted molar refractivity (Wildman–Crippen MR) is 105 cm³/mol. The summed E-state index contributed by atoms with van der Waals surface area (Å²) in [5.41, 5.74) is 1.35. The molecule has 1 fully saturated rings. The standard InChI is InChI=1S/C22H21N3O2/c26-21(20-7-3-5-16-4-1-2-6-19(16)20)24-18-10-14-25(15-11-18)22(27)17-8-12-23-13-9-17/h1-9,12-13,18H,10-11,14-15H2,(H,24,26). The van der Waals surface area contributed by atoms with Gasteiger partial charge in [-0.2, -0.15) is 0 Å². The van der Waals surface area contributed by atoms with Crippen molar-refractivity contribution in [2.45, 2.75) is 18.9 Å². The number of piperidine rings is 1. The monoisotopic (exact) mass is 359 g/mol. The van der Waals surface area contributed by atoms with Crippen LogP contribution in [0.1, 0.15) is 33.6 Å². The molecular formula is C22H21N3O2. The van der Waals surface area contributed by atoms with Crippen LogP contribution in [0.25, 0.3) is 10.8 Å². The molecule has 3 aromatic rings. The van der Waals surface area contributed by atoms with Gasteiger partial charge in [0, 0.05) is 42.7 Å². The summed E-state index contributed by atoms with van der Waals surface area (Å²) in [7, 11) is 0. The molecule has 2 amide bonds. The van der Waals surface area contributed by atoms with E-state index in [1.54, 1.807) is 24.5 Å². The topological polar surface area (TPSA) is 62.3 Å². The lowest BCUT2D eigenvalue weighted by molar-refractivity contribution is 0.0698. The number of amides is 2. The van der Waals surface area contributed by atoms with E-state index >= 15 is 0 Å². The van der Waals surface area contributed by atoms with E-state index < -0.39 is 0 Å². The number of carbonyl (C=O) groups excluding carboxylic acids is 2. The van der Waals surface area contributed by atoms with Crippen LogP contribution in [0, 0.1) is 0 Å². The Morgan fingerprint density at radius 3 is 2.41 bits per heavy atom. The van der Waals surface area contributed by atoms with Crippen LogP contribution in [0.15, 0.2) is 67.0 Å². The fourth-order valence-corrected chi connectivity index (χ4v) is 3.59. The Morgan fingerprint density at radius 2 is 1.63 bits per heavy atom. The van der Waals surface area contributed by atoms with Crippen molar-refractivity contribution in [3.63, 3.8) is 0 Å². The summed E-state index contributed by atoms with van der Waals surface area (Å²) in [6.07, 6.45) is 4.77. The number of likely N-dealkylation sites (tertiary alicyclic amines) is 1. The summed E-state index contributed by atoms with van der Waals surface area (Å²) < 4.78 is 0. The third kappa shape index (κ3) is 3.67. The van der Waals surface area contributed by atoms with Gasteiger partial charge in [0.2, 0.25) is 0 Å². The number of nitrogens with zero attached hydrogens (tertiary/aromatic N) is 2. The highest BCUT2D eigenvalue weighted by atomic mass is 16.2. The molecule has 1 aliphatic heterocycles. The van der Waals surface area contributed by atoms with E-state index in [1.807, 2.05) is 47.4 Å². The number of hydrogen-bond acceptors (Lipinski definition) is 3. The van der Waals surface area contributed by atoms with Crippen molar-refractivity contribution in [2.24, 2.45) is 0 Å². The van der Waals surface area contributed by atoms with E-state index in [9.17, 15) is 9.59 Å². The van der Waals surface area contributed by atoms with E-state index in [0.29, 0.717) is 24.2 Å². The second-order valence-corrected chi connectivity index (χ2v) is 6.80. The summed E-state index contributed by atoms with van der Waals surface area (Å²) in [6, 6.07) is 17.2. The van der Waals surface area contributed by atoms with E-state index in [2.05, 4.69) is 10.3 Å². The maximum atomic E-state index is 12.8. The van der Waals surface area contributed by atoms with Crippen molar-refractivity contribution >= 4 is 22.6 Å². The zero-order valence-corrected chi connectivity index (χ0v) is 15.0. The lowest BCUT2D eigenvalue weighted by Gasteiger charge is -2.32. The molecule has 0 aliphatic carbocycles. The average Bonchev–Trinajstić information content (AvgIpc) is 2.74. The van der Waals surface area contributed by atoms with Gasteiger partial charge in [-0.05, 0) is 41.8 Å². The van der Waals surface area contributed by atoms with Crippen molar-refractivity contribution in [1.82, 2.24) is 15.2 Å². The number of aromatic nitrogens is 1. The number of nitrogens with one attached hydrogen (secondary N) is 1. The molecule has 1 aliphatic rings. The number of benzene rings is 2. The van der Waals surface area contributed by atoms with Crippen molar-refractivity contribution in [3.8, 4) is 0 Å². The number of fused-ring (bicyclic) bond motifs is 1. The molecular weight excluding hydrogens is 338 g/mol. The number of hydrogen-bond donors (Lipinski definition) is 1. The molecule has 0 atom stereocenters. The normalized spacial score (nSPS) is 14.9. The summed E-state index contributed by atoms with van der Waals surface area (Å²) in [5.74, 6) is -0.0260. The van der Waals surface area contributed by atoms with E-state index in [4.69, 9.17) is 0 Å². The minimum Gasteiger partial charge on any atom is -0.349 e. The first kappa shape index (κ1) is 17.2. The van der Waals surface area contributed by atoms with Gasteiger partial charge in [0.15, 0.2) is 0 Å². The average molecular weight is 359 g/mol. The lowest BCUT2D eigenvalue weighted by Crippen LogP contribution is -2.46. The zero-order chi connectivity index (χ0) is 18.6. The van der Waals surface area contributed by atoms with Crippen molar-refractivity contribution in [2.75, 3.05) is 13.1 Å². The van der Waals surface area contributed by atoms with Gasteiger partial charge in [0.25, 0.3) is 11.8 Å². The molecule has 0 bridgehead atoms. The second kappa shape index (κ2) is 7.58. The predicted octanol–water partition coefficient (Wildman–Crippen LogP) is 3.27. The highest BCUT2D eigenvalue weighted by Gasteiger charge is 2.25. The molecule has 0 saturated carbocycles. The van der Waals surface area contributed by atoms with Gasteiger partial charge in [-0.25, -0.2) is 0 Å².